The Bertz CT molecular complexity index is 1100. The molecule has 5 aliphatic rings. The molecule has 5 rings (SSSR count). The predicted molar refractivity (Wildman–Crippen MR) is 142 cm³/mol. The Hall–Kier alpha value is -1.67. The lowest BCUT2D eigenvalue weighted by molar-refractivity contribution is -0.260. The molecule has 0 bridgehead atoms. The van der Waals surface area contributed by atoms with Crippen LogP contribution in [0.1, 0.15) is 99.8 Å². The van der Waals surface area contributed by atoms with Crippen molar-refractivity contribution in [2.24, 2.45) is 56.2 Å². The topological polar surface area (TPSA) is 87.4 Å². The van der Waals surface area contributed by atoms with E-state index in [-0.39, 0.29) is 62.7 Å². The first-order chi connectivity index (χ1) is 17.0. The summed E-state index contributed by atoms with van der Waals surface area (Å²) in [6.07, 6.45) is 8.54. The fourth-order valence-corrected chi connectivity index (χ4v) is 11.2. The standard InChI is InChI=1S/C32H47NO4/c1-27(2)11-13-32(26(36)37-8)14-12-31(7)24(20(32)17-27)21(34)15-23-29(5)16-19(18-33)25(35)28(3,4)22(29)9-10-30(23,31)6/h16,20-24,34H,9-15,17H2,1-8H3/t20?,21-,22?,23+,24?,29-,30+,31+,32-/m0/s1. The fourth-order valence-electron chi connectivity index (χ4n) is 11.2. The SMILES string of the molecule is COC(=O)[C@]12CCC(C)(C)CC1C1[C@@H](O)C[C@@H]3[C@@]4(C)C=C(C#N)C(=O)C(C)(C)C4CC[C@@]3(C)[C@]1(C)CC2. The Labute approximate surface area is 223 Å². The van der Waals surface area contributed by atoms with Crippen LogP contribution in [-0.2, 0) is 14.3 Å². The number of nitriles is 1. The highest BCUT2D eigenvalue weighted by atomic mass is 16.5. The summed E-state index contributed by atoms with van der Waals surface area (Å²) in [7, 11) is 1.52. The minimum absolute atomic E-state index is 0.0268. The zero-order chi connectivity index (χ0) is 27.4. The molecule has 3 unspecified atom stereocenters. The highest BCUT2D eigenvalue weighted by molar-refractivity contribution is 6.04. The lowest BCUT2D eigenvalue weighted by Gasteiger charge is -2.73. The Morgan fingerprint density at radius 1 is 1.00 bits per heavy atom. The zero-order valence-electron chi connectivity index (χ0n) is 24.2. The van der Waals surface area contributed by atoms with Gasteiger partial charge in [-0.1, -0.05) is 54.5 Å². The maximum atomic E-state index is 13.4. The van der Waals surface area contributed by atoms with Gasteiger partial charge in [-0.05, 0) is 96.7 Å². The van der Waals surface area contributed by atoms with Crippen molar-refractivity contribution in [3.8, 4) is 6.07 Å². The summed E-state index contributed by atoms with van der Waals surface area (Å²) >= 11 is 0. The van der Waals surface area contributed by atoms with Crippen LogP contribution in [0, 0.1) is 67.5 Å². The number of hydrogen-bond donors (Lipinski definition) is 1. The number of ketones is 1. The van der Waals surface area contributed by atoms with Crippen molar-refractivity contribution in [2.45, 2.75) is 106 Å². The van der Waals surface area contributed by atoms with E-state index in [9.17, 15) is 20.0 Å². The summed E-state index contributed by atoms with van der Waals surface area (Å²) in [5, 5.41) is 22.0. The first-order valence-corrected chi connectivity index (χ1v) is 14.5. The molecule has 0 aromatic rings. The molecular weight excluding hydrogens is 462 g/mol. The Morgan fingerprint density at radius 3 is 2.27 bits per heavy atom. The largest absolute Gasteiger partial charge is 0.469 e. The van der Waals surface area contributed by atoms with Gasteiger partial charge < -0.3 is 9.84 Å². The van der Waals surface area contributed by atoms with Crippen LogP contribution < -0.4 is 0 Å². The quantitative estimate of drug-likeness (QED) is 0.422. The van der Waals surface area contributed by atoms with E-state index in [1.54, 1.807) is 0 Å². The van der Waals surface area contributed by atoms with E-state index in [2.05, 4.69) is 40.7 Å². The van der Waals surface area contributed by atoms with E-state index in [1.807, 2.05) is 19.9 Å². The molecule has 4 fully saturated rings. The van der Waals surface area contributed by atoms with E-state index < -0.39 is 16.9 Å². The summed E-state index contributed by atoms with van der Waals surface area (Å²) in [4.78, 5) is 26.7. The van der Waals surface area contributed by atoms with Gasteiger partial charge in [0.2, 0.25) is 0 Å². The smallest absolute Gasteiger partial charge is 0.312 e. The molecule has 0 aliphatic heterocycles. The third kappa shape index (κ3) is 3.23. The molecule has 5 nitrogen and oxygen atoms in total. The molecular formula is C32H47NO4. The number of Topliss-reactive ketones (excluding diaryl/α,β-unsaturated/α-hetero) is 1. The molecule has 37 heavy (non-hydrogen) atoms. The van der Waals surface area contributed by atoms with Gasteiger partial charge in [0.15, 0.2) is 5.78 Å². The molecule has 9 atom stereocenters. The normalized spacial score (nSPS) is 49.8. The average molecular weight is 510 g/mol. The lowest BCUT2D eigenvalue weighted by atomic mass is 9.31. The Balaban J connectivity index is 1.64. The second kappa shape index (κ2) is 7.93. The summed E-state index contributed by atoms with van der Waals surface area (Å²) < 4.78 is 5.45. The number of fused-ring (bicyclic) bond motifs is 7. The minimum Gasteiger partial charge on any atom is -0.469 e. The van der Waals surface area contributed by atoms with E-state index in [0.717, 1.165) is 44.9 Å². The molecule has 4 saturated carbocycles. The highest BCUT2D eigenvalue weighted by Crippen LogP contribution is 2.76. The molecule has 0 heterocycles. The van der Waals surface area contributed by atoms with Crippen molar-refractivity contribution < 1.29 is 19.4 Å². The van der Waals surface area contributed by atoms with Gasteiger partial charge in [-0.25, -0.2) is 0 Å². The number of nitrogens with zero attached hydrogens (tertiary/aromatic N) is 1. The summed E-state index contributed by atoms with van der Waals surface area (Å²) in [6, 6.07) is 2.22. The number of ether oxygens (including phenoxy) is 1. The first kappa shape index (κ1) is 26.9. The van der Waals surface area contributed by atoms with Gasteiger partial charge in [-0.15, -0.1) is 0 Å². The fraction of sp³-hybridized carbons (Fsp3) is 0.844. The van der Waals surface area contributed by atoms with Crippen LogP contribution in [0.4, 0.5) is 0 Å². The van der Waals surface area contributed by atoms with Gasteiger partial charge in [0.05, 0.1) is 24.2 Å². The minimum atomic E-state index is -0.599. The number of aliphatic hydroxyl groups excluding tert-OH is 1. The number of carbonyl (C=O) groups excluding carboxylic acids is 2. The predicted octanol–water partition coefficient (Wildman–Crippen LogP) is 6.25. The van der Waals surface area contributed by atoms with E-state index in [0.29, 0.717) is 6.42 Å². The molecule has 1 N–H and O–H groups in total. The monoisotopic (exact) mass is 509 g/mol. The van der Waals surface area contributed by atoms with Crippen LogP contribution in [0.15, 0.2) is 11.6 Å². The maximum absolute atomic E-state index is 13.4. The van der Waals surface area contributed by atoms with Crippen molar-refractivity contribution in [3.05, 3.63) is 11.6 Å². The van der Waals surface area contributed by atoms with E-state index >= 15 is 0 Å². The average Bonchev–Trinajstić information content (AvgIpc) is 2.82. The van der Waals surface area contributed by atoms with Crippen LogP contribution in [0.5, 0.6) is 0 Å². The molecule has 0 saturated heterocycles. The Morgan fingerprint density at radius 2 is 1.65 bits per heavy atom. The van der Waals surface area contributed by atoms with Crippen molar-refractivity contribution >= 4 is 11.8 Å². The number of rotatable bonds is 1. The second-order valence-corrected chi connectivity index (χ2v) is 15.5. The number of allylic oxidation sites excluding steroid dienone is 2. The number of aliphatic hydroxyl groups is 1. The molecule has 0 spiro atoms. The van der Waals surface area contributed by atoms with Crippen molar-refractivity contribution in [1.29, 1.82) is 5.26 Å². The second-order valence-electron chi connectivity index (χ2n) is 15.5. The molecule has 0 radical (unpaired) electrons. The third-order valence-corrected chi connectivity index (χ3v) is 13.3. The van der Waals surface area contributed by atoms with Gasteiger partial charge in [-0.2, -0.15) is 5.26 Å². The lowest BCUT2D eigenvalue weighted by Crippen LogP contribution is -2.70. The van der Waals surface area contributed by atoms with Crippen LogP contribution in [0.3, 0.4) is 0 Å². The molecule has 5 aliphatic carbocycles. The van der Waals surface area contributed by atoms with E-state index in [4.69, 9.17) is 4.74 Å². The Kier molecular flexibility index (Phi) is 5.77. The summed E-state index contributed by atoms with van der Waals surface area (Å²) in [6.45, 7) is 15.7. The van der Waals surface area contributed by atoms with Gasteiger partial charge >= 0.3 is 5.97 Å². The van der Waals surface area contributed by atoms with Gasteiger partial charge in [-0.3, -0.25) is 9.59 Å². The molecule has 204 valence electrons. The van der Waals surface area contributed by atoms with Gasteiger partial charge in [0, 0.05) is 5.41 Å². The van der Waals surface area contributed by atoms with E-state index in [1.165, 1.54) is 7.11 Å². The number of hydrogen-bond acceptors (Lipinski definition) is 5. The molecule has 0 aromatic heterocycles. The molecule has 0 aromatic carbocycles. The van der Waals surface area contributed by atoms with Crippen LogP contribution in [-0.4, -0.2) is 30.1 Å². The molecule has 5 heteroatoms. The van der Waals surface area contributed by atoms with Crippen molar-refractivity contribution in [1.82, 2.24) is 0 Å². The van der Waals surface area contributed by atoms with Crippen LogP contribution in [0.2, 0.25) is 0 Å². The first-order valence-electron chi connectivity index (χ1n) is 14.5. The highest BCUT2D eigenvalue weighted by Gasteiger charge is 2.73. The number of esters is 1. The summed E-state index contributed by atoms with van der Waals surface area (Å²) in [5.41, 5.74) is -1.25. The number of methoxy groups -OCH3 is 1. The van der Waals surface area contributed by atoms with Gasteiger partial charge in [0.1, 0.15) is 6.07 Å². The summed E-state index contributed by atoms with van der Waals surface area (Å²) in [5.74, 6) is 0.300. The van der Waals surface area contributed by atoms with Crippen molar-refractivity contribution in [2.75, 3.05) is 7.11 Å². The van der Waals surface area contributed by atoms with Crippen molar-refractivity contribution in [3.63, 3.8) is 0 Å². The van der Waals surface area contributed by atoms with Crippen LogP contribution >= 0.6 is 0 Å². The third-order valence-electron chi connectivity index (χ3n) is 13.3. The van der Waals surface area contributed by atoms with Gasteiger partial charge in [0.25, 0.3) is 0 Å². The molecule has 0 amide bonds. The zero-order valence-corrected chi connectivity index (χ0v) is 24.2. The number of carbonyl (C=O) groups is 2. The maximum Gasteiger partial charge on any atom is 0.312 e. The van der Waals surface area contributed by atoms with Crippen LogP contribution in [0.25, 0.3) is 0 Å².